The Balaban J connectivity index is 1.97. The second-order valence-electron chi connectivity index (χ2n) is 6.69. The highest BCUT2D eigenvalue weighted by Crippen LogP contribution is 2.33. The SMILES string of the molecule is Cc1c(CNC2CC(C)CCC2C(C)C)cnn1C. The summed E-state index contributed by atoms with van der Waals surface area (Å²) in [7, 11) is 2.01. The normalized spacial score (nSPS) is 28.0. The van der Waals surface area contributed by atoms with Crippen molar-refractivity contribution < 1.29 is 0 Å². The highest BCUT2D eigenvalue weighted by atomic mass is 15.3. The van der Waals surface area contributed by atoms with Crippen LogP contribution in [0.4, 0.5) is 0 Å². The van der Waals surface area contributed by atoms with E-state index in [2.05, 4.69) is 38.1 Å². The fourth-order valence-electron chi connectivity index (χ4n) is 3.40. The number of aryl methyl sites for hydroxylation is 1. The lowest BCUT2D eigenvalue weighted by Gasteiger charge is -2.38. The summed E-state index contributed by atoms with van der Waals surface area (Å²) in [6.45, 7) is 10.2. The minimum atomic E-state index is 0.670. The molecular weight excluding hydrogens is 234 g/mol. The van der Waals surface area contributed by atoms with Crippen molar-refractivity contribution in [2.75, 3.05) is 0 Å². The third kappa shape index (κ3) is 3.38. The predicted octanol–water partition coefficient (Wildman–Crippen LogP) is 3.28. The molecule has 0 bridgehead atoms. The molecule has 108 valence electrons. The fourth-order valence-corrected chi connectivity index (χ4v) is 3.40. The van der Waals surface area contributed by atoms with Gasteiger partial charge in [0.15, 0.2) is 0 Å². The van der Waals surface area contributed by atoms with Gasteiger partial charge in [-0.3, -0.25) is 4.68 Å². The minimum Gasteiger partial charge on any atom is -0.310 e. The number of aromatic nitrogens is 2. The number of hydrogen-bond acceptors (Lipinski definition) is 2. The van der Waals surface area contributed by atoms with E-state index in [1.54, 1.807) is 0 Å². The van der Waals surface area contributed by atoms with E-state index in [4.69, 9.17) is 0 Å². The quantitative estimate of drug-likeness (QED) is 0.903. The van der Waals surface area contributed by atoms with Crippen molar-refractivity contribution in [2.24, 2.45) is 24.8 Å². The molecule has 1 aromatic rings. The Morgan fingerprint density at radius 1 is 1.42 bits per heavy atom. The number of rotatable bonds is 4. The molecule has 0 aliphatic heterocycles. The zero-order chi connectivity index (χ0) is 14.0. The second kappa shape index (κ2) is 6.08. The molecule has 0 aromatic carbocycles. The summed E-state index contributed by atoms with van der Waals surface area (Å²) in [6.07, 6.45) is 6.09. The van der Waals surface area contributed by atoms with E-state index in [1.165, 1.54) is 30.5 Å². The molecular formula is C16H29N3. The molecule has 2 rings (SSSR count). The lowest BCUT2D eigenvalue weighted by atomic mass is 9.74. The van der Waals surface area contributed by atoms with Gasteiger partial charge in [-0.2, -0.15) is 5.10 Å². The van der Waals surface area contributed by atoms with Crippen LogP contribution in [0.15, 0.2) is 6.20 Å². The molecule has 1 N–H and O–H groups in total. The van der Waals surface area contributed by atoms with Gasteiger partial charge in [0.1, 0.15) is 0 Å². The van der Waals surface area contributed by atoms with Crippen LogP contribution >= 0.6 is 0 Å². The Hall–Kier alpha value is -0.830. The zero-order valence-corrected chi connectivity index (χ0v) is 13.1. The van der Waals surface area contributed by atoms with Crippen molar-refractivity contribution in [3.63, 3.8) is 0 Å². The van der Waals surface area contributed by atoms with E-state index in [0.29, 0.717) is 6.04 Å². The van der Waals surface area contributed by atoms with Crippen molar-refractivity contribution in [3.8, 4) is 0 Å². The number of nitrogens with one attached hydrogen (secondary N) is 1. The molecule has 19 heavy (non-hydrogen) atoms. The predicted molar refractivity (Wildman–Crippen MR) is 79.9 cm³/mol. The van der Waals surface area contributed by atoms with Gasteiger partial charge >= 0.3 is 0 Å². The first kappa shape index (κ1) is 14.6. The van der Waals surface area contributed by atoms with E-state index >= 15 is 0 Å². The number of nitrogens with zero attached hydrogens (tertiary/aromatic N) is 2. The maximum atomic E-state index is 4.33. The van der Waals surface area contributed by atoms with Gasteiger partial charge in [0.05, 0.1) is 6.20 Å². The van der Waals surface area contributed by atoms with Crippen LogP contribution in [0.2, 0.25) is 0 Å². The molecule has 1 aliphatic rings. The summed E-state index contributed by atoms with van der Waals surface area (Å²) in [4.78, 5) is 0. The standard InChI is InChI=1S/C16H29N3/c1-11(2)15-7-6-12(3)8-16(15)17-9-14-10-18-19(5)13(14)4/h10-12,15-17H,6-9H2,1-5H3. The Labute approximate surface area is 117 Å². The second-order valence-corrected chi connectivity index (χ2v) is 6.69. The highest BCUT2D eigenvalue weighted by molar-refractivity contribution is 5.15. The summed E-state index contributed by atoms with van der Waals surface area (Å²) in [5.74, 6) is 2.47. The molecule has 3 atom stereocenters. The van der Waals surface area contributed by atoms with Gasteiger partial charge in [-0.15, -0.1) is 0 Å². The van der Waals surface area contributed by atoms with Gasteiger partial charge in [0.2, 0.25) is 0 Å². The first-order valence-corrected chi connectivity index (χ1v) is 7.70. The van der Waals surface area contributed by atoms with Gasteiger partial charge < -0.3 is 5.32 Å². The number of hydrogen-bond donors (Lipinski definition) is 1. The topological polar surface area (TPSA) is 29.9 Å². The molecule has 3 nitrogen and oxygen atoms in total. The van der Waals surface area contributed by atoms with Gasteiger partial charge in [-0.05, 0) is 37.5 Å². The molecule has 3 unspecified atom stereocenters. The third-order valence-corrected chi connectivity index (χ3v) is 4.91. The third-order valence-electron chi connectivity index (χ3n) is 4.91. The molecule has 0 amide bonds. The summed E-state index contributed by atoms with van der Waals surface area (Å²) in [6, 6.07) is 0.670. The van der Waals surface area contributed by atoms with Crippen LogP contribution in [0.3, 0.4) is 0 Å². The van der Waals surface area contributed by atoms with Crippen LogP contribution in [0.5, 0.6) is 0 Å². The van der Waals surface area contributed by atoms with Crippen LogP contribution < -0.4 is 5.32 Å². The zero-order valence-electron chi connectivity index (χ0n) is 13.1. The van der Waals surface area contributed by atoms with Crippen LogP contribution in [-0.4, -0.2) is 15.8 Å². The van der Waals surface area contributed by atoms with E-state index in [0.717, 1.165) is 24.3 Å². The van der Waals surface area contributed by atoms with Crippen molar-refractivity contribution in [2.45, 2.75) is 59.5 Å². The summed E-state index contributed by atoms with van der Waals surface area (Å²) in [5.41, 5.74) is 2.61. The fraction of sp³-hybridized carbons (Fsp3) is 0.812. The van der Waals surface area contributed by atoms with Gasteiger partial charge in [-0.25, -0.2) is 0 Å². The molecule has 0 radical (unpaired) electrons. The van der Waals surface area contributed by atoms with E-state index < -0.39 is 0 Å². The lowest BCUT2D eigenvalue weighted by Crippen LogP contribution is -2.42. The first-order chi connectivity index (χ1) is 8.99. The van der Waals surface area contributed by atoms with Gasteiger partial charge in [0.25, 0.3) is 0 Å². The van der Waals surface area contributed by atoms with Gasteiger partial charge in [-0.1, -0.05) is 27.2 Å². The maximum Gasteiger partial charge on any atom is 0.0537 e. The van der Waals surface area contributed by atoms with E-state index in [9.17, 15) is 0 Å². The molecule has 1 aromatic heterocycles. The molecule has 1 fully saturated rings. The highest BCUT2D eigenvalue weighted by Gasteiger charge is 2.30. The molecule has 3 heteroatoms. The Morgan fingerprint density at radius 2 is 2.16 bits per heavy atom. The van der Waals surface area contributed by atoms with E-state index in [1.807, 2.05) is 17.9 Å². The largest absolute Gasteiger partial charge is 0.310 e. The molecule has 1 aliphatic carbocycles. The summed E-state index contributed by atoms with van der Waals surface area (Å²) >= 11 is 0. The minimum absolute atomic E-state index is 0.670. The van der Waals surface area contributed by atoms with Crippen LogP contribution in [0, 0.1) is 24.7 Å². The lowest BCUT2D eigenvalue weighted by molar-refractivity contribution is 0.169. The first-order valence-electron chi connectivity index (χ1n) is 7.70. The van der Waals surface area contributed by atoms with Crippen molar-refractivity contribution >= 4 is 0 Å². The Kier molecular flexibility index (Phi) is 4.67. The van der Waals surface area contributed by atoms with Crippen LogP contribution in [0.1, 0.15) is 51.3 Å². The van der Waals surface area contributed by atoms with Crippen molar-refractivity contribution in [3.05, 3.63) is 17.5 Å². The van der Waals surface area contributed by atoms with Crippen LogP contribution in [-0.2, 0) is 13.6 Å². The molecule has 1 heterocycles. The Morgan fingerprint density at radius 3 is 2.74 bits per heavy atom. The van der Waals surface area contributed by atoms with E-state index in [-0.39, 0.29) is 0 Å². The monoisotopic (exact) mass is 263 g/mol. The van der Waals surface area contributed by atoms with Crippen molar-refractivity contribution in [1.29, 1.82) is 0 Å². The molecule has 0 saturated heterocycles. The van der Waals surface area contributed by atoms with Crippen molar-refractivity contribution in [1.82, 2.24) is 15.1 Å². The maximum absolute atomic E-state index is 4.33. The Bertz CT molecular complexity index is 408. The summed E-state index contributed by atoms with van der Waals surface area (Å²) in [5, 5.41) is 8.13. The van der Waals surface area contributed by atoms with Crippen LogP contribution in [0.25, 0.3) is 0 Å². The average molecular weight is 263 g/mol. The van der Waals surface area contributed by atoms with Gasteiger partial charge in [0, 0.05) is 30.9 Å². The molecule has 1 saturated carbocycles. The summed E-state index contributed by atoms with van der Waals surface area (Å²) < 4.78 is 1.96. The average Bonchev–Trinajstić information content (AvgIpc) is 2.67. The smallest absolute Gasteiger partial charge is 0.0537 e. The molecule has 0 spiro atoms.